The Bertz CT molecular complexity index is 1180. The highest BCUT2D eigenvalue weighted by Gasteiger charge is 2.25. The topological polar surface area (TPSA) is 108 Å². The van der Waals surface area contributed by atoms with Gasteiger partial charge in [-0.25, -0.2) is 13.9 Å². The number of hydrogen-bond acceptors (Lipinski definition) is 6. The molecular formula is C27H36FN7O2. The van der Waals surface area contributed by atoms with Gasteiger partial charge in [0.05, 0.1) is 12.1 Å². The number of aliphatic hydroxyl groups is 1. The number of benzene rings is 2. The summed E-state index contributed by atoms with van der Waals surface area (Å²) in [4.78, 5) is 15.0. The number of β-amino-alcohol motifs (C(OH)–C–C–N with tert-alkyl or cyclic N) is 1. The van der Waals surface area contributed by atoms with Gasteiger partial charge in [-0.2, -0.15) is 0 Å². The number of anilines is 1. The van der Waals surface area contributed by atoms with Crippen molar-refractivity contribution in [2.24, 2.45) is 13.0 Å². The molecule has 2 amide bonds. The lowest BCUT2D eigenvalue weighted by Gasteiger charge is -2.35. The molecule has 1 aliphatic rings. The molecule has 3 aromatic rings. The fourth-order valence-corrected chi connectivity index (χ4v) is 4.90. The van der Waals surface area contributed by atoms with Crippen molar-refractivity contribution in [3.63, 3.8) is 0 Å². The molecule has 1 fully saturated rings. The zero-order valence-corrected chi connectivity index (χ0v) is 21.7. The number of nitrogens with zero attached hydrogens (tertiary/aromatic N) is 5. The molecule has 0 bridgehead atoms. The molecule has 0 radical (unpaired) electrons. The Morgan fingerprint density at radius 1 is 1.22 bits per heavy atom. The van der Waals surface area contributed by atoms with Crippen molar-refractivity contribution in [2.45, 2.75) is 51.7 Å². The van der Waals surface area contributed by atoms with Gasteiger partial charge in [0, 0.05) is 31.4 Å². The van der Waals surface area contributed by atoms with E-state index in [-0.39, 0.29) is 11.8 Å². The third-order valence-electron chi connectivity index (χ3n) is 6.96. The van der Waals surface area contributed by atoms with E-state index in [0.717, 1.165) is 55.5 Å². The standard InChI is InChI=1S/C27H36FN7O2/c1-4-19-13-22(26-31-32-33-34(26)3)15-24(14-19)30-27(37)29-18(2)25(36)17-35-11-5-6-21(16-35)12-20-7-9-23(28)10-8-20/h7-10,13-15,18,21,25,36H,4-6,11-12,16-17H2,1-3H3,(H2,29,30,37)/t18-,21+,25+/m1/s1. The van der Waals surface area contributed by atoms with Crippen molar-refractivity contribution >= 4 is 11.7 Å². The largest absolute Gasteiger partial charge is 0.390 e. The molecule has 4 rings (SSSR count). The second-order valence-electron chi connectivity index (χ2n) is 9.95. The van der Waals surface area contributed by atoms with E-state index >= 15 is 0 Å². The van der Waals surface area contributed by atoms with Gasteiger partial charge in [-0.05, 0) is 97.0 Å². The predicted octanol–water partition coefficient (Wildman–Crippen LogP) is 3.40. The number of carbonyl (C=O) groups is 1. The number of likely N-dealkylation sites (tertiary alicyclic amines) is 1. The highest BCUT2D eigenvalue weighted by molar-refractivity contribution is 5.90. The second-order valence-corrected chi connectivity index (χ2v) is 9.95. The lowest BCUT2D eigenvalue weighted by Crippen LogP contribution is -2.49. The molecule has 198 valence electrons. The zero-order chi connectivity index (χ0) is 26.4. The molecule has 0 unspecified atom stereocenters. The molecule has 3 N–H and O–H groups in total. The van der Waals surface area contributed by atoms with Crippen LogP contribution in [0.25, 0.3) is 11.4 Å². The Kier molecular flexibility index (Phi) is 8.83. The molecule has 3 atom stereocenters. The van der Waals surface area contributed by atoms with Crippen LogP contribution >= 0.6 is 0 Å². The molecule has 0 spiro atoms. The first-order valence-electron chi connectivity index (χ1n) is 12.9. The van der Waals surface area contributed by atoms with E-state index in [1.807, 2.05) is 44.2 Å². The van der Waals surface area contributed by atoms with Crippen molar-refractivity contribution < 1.29 is 14.3 Å². The van der Waals surface area contributed by atoms with E-state index in [2.05, 4.69) is 31.1 Å². The van der Waals surface area contributed by atoms with Crippen LogP contribution < -0.4 is 10.6 Å². The number of piperidine rings is 1. The molecule has 2 aromatic carbocycles. The summed E-state index contributed by atoms with van der Waals surface area (Å²) in [7, 11) is 1.77. The number of halogens is 1. The molecule has 0 saturated carbocycles. The number of hydrogen-bond donors (Lipinski definition) is 3. The number of carbonyl (C=O) groups excluding carboxylic acids is 1. The minimum Gasteiger partial charge on any atom is -0.390 e. The first-order valence-corrected chi connectivity index (χ1v) is 12.9. The van der Waals surface area contributed by atoms with E-state index in [0.29, 0.717) is 24.0 Å². The summed E-state index contributed by atoms with van der Waals surface area (Å²) < 4.78 is 14.8. The van der Waals surface area contributed by atoms with Crippen molar-refractivity contribution in [1.29, 1.82) is 0 Å². The Morgan fingerprint density at radius 3 is 2.70 bits per heavy atom. The van der Waals surface area contributed by atoms with Gasteiger partial charge in [-0.15, -0.1) is 5.10 Å². The summed E-state index contributed by atoms with van der Waals surface area (Å²) in [5.41, 5.74) is 3.63. The Balaban J connectivity index is 1.30. The first-order chi connectivity index (χ1) is 17.8. The summed E-state index contributed by atoms with van der Waals surface area (Å²) in [5.74, 6) is 0.854. The average molecular weight is 510 g/mol. The van der Waals surface area contributed by atoms with Crippen LogP contribution in [0.3, 0.4) is 0 Å². The van der Waals surface area contributed by atoms with Gasteiger partial charge >= 0.3 is 6.03 Å². The molecule has 1 aliphatic heterocycles. The van der Waals surface area contributed by atoms with Crippen LogP contribution in [0.1, 0.15) is 37.8 Å². The molecule has 1 aromatic heterocycles. The van der Waals surface area contributed by atoms with Gasteiger partial charge in [0.25, 0.3) is 0 Å². The number of aryl methyl sites for hydroxylation is 2. The number of urea groups is 1. The number of nitrogens with one attached hydrogen (secondary N) is 2. The second kappa shape index (κ2) is 12.2. The maximum atomic E-state index is 13.2. The van der Waals surface area contributed by atoms with Crippen LogP contribution in [0.2, 0.25) is 0 Å². The van der Waals surface area contributed by atoms with Crippen molar-refractivity contribution in [1.82, 2.24) is 30.4 Å². The fourth-order valence-electron chi connectivity index (χ4n) is 4.90. The van der Waals surface area contributed by atoms with Crippen LogP contribution in [-0.4, -0.2) is 68.0 Å². The van der Waals surface area contributed by atoms with Crippen LogP contribution in [0.5, 0.6) is 0 Å². The quantitative estimate of drug-likeness (QED) is 0.408. The van der Waals surface area contributed by atoms with Crippen LogP contribution in [-0.2, 0) is 19.9 Å². The summed E-state index contributed by atoms with van der Waals surface area (Å²) in [6.45, 7) is 6.12. The normalized spacial score (nSPS) is 17.8. The lowest BCUT2D eigenvalue weighted by molar-refractivity contribution is 0.0662. The molecule has 0 aliphatic carbocycles. The molecule has 2 heterocycles. The minimum absolute atomic E-state index is 0.219. The van der Waals surface area contributed by atoms with Crippen molar-refractivity contribution in [3.8, 4) is 11.4 Å². The van der Waals surface area contributed by atoms with Gasteiger partial charge in [0.1, 0.15) is 5.82 Å². The van der Waals surface area contributed by atoms with Crippen molar-refractivity contribution in [2.75, 3.05) is 25.0 Å². The van der Waals surface area contributed by atoms with E-state index in [4.69, 9.17) is 0 Å². The summed E-state index contributed by atoms with van der Waals surface area (Å²) >= 11 is 0. The highest BCUT2D eigenvalue weighted by atomic mass is 19.1. The fraction of sp³-hybridized carbons (Fsp3) is 0.481. The third-order valence-corrected chi connectivity index (χ3v) is 6.96. The Hall–Kier alpha value is -3.37. The number of rotatable bonds is 9. The number of aromatic nitrogens is 4. The van der Waals surface area contributed by atoms with Gasteiger partial charge in [-0.3, -0.25) is 0 Å². The van der Waals surface area contributed by atoms with Gasteiger partial charge in [0.2, 0.25) is 0 Å². The third kappa shape index (κ3) is 7.33. The van der Waals surface area contributed by atoms with Gasteiger partial charge in [-0.1, -0.05) is 19.1 Å². The number of tetrazole rings is 1. The number of aliphatic hydroxyl groups excluding tert-OH is 1. The van der Waals surface area contributed by atoms with Gasteiger partial charge < -0.3 is 20.6 Å². The average Bonchev–Trinajstić information content (AvgIpc) is 3.31. The van der Waals surface area contributed by atoms with E-state index in [1.165, 1.54) is 12.1 Å². The molecule has 1 saturated heterocycles. The highest BCUT2D eigenvalue weighted by Crippen LogP contribution is 2.24. The van der Waals surface area contributed by atoms with Crippen LogP contribution in [0, 0.1) is 11.7 Å². The molecule has 9 nitrogen and oxygen atoms in total. The predicted molar refractivity (Wildman–Crippen MR) is 141 cm³/mol. The van der Waals surface area contributed by atoms with E-state index < -0.39 is 12.1 Å². The molecule has 37 heavy (non-hydrogen) atoms. The van der Waals surface area contributed by atoms with Crippen molar-refractivity contribution in [3.05, 3.63) is 59.4 Å². The molecule has 10 heteroatoms. The smallest absolute Gasteiger partial charge is 0.319 e. The Labute approximate surface area is 217 Å². The van der Waals surface area contributed by atoms with Crippen LogP contribution in [0.4, 0.5) is 14.9 Å². The monoisotopic (exact) mass is 509 g/mol. The summed E-state index contributed by atoms with van der Waals surface area (Å²) in [6.07, 6.45) is 3.15. The van der Waals surface area contributed by atoms with Crippen LogP contribution in [0.15, 0.2) is 42.5 Å². The molecular weight excluding hydrogens is 473 g/mol. The summed E-state index contributed by atoms with van der Waals surface area (Å²) in [6, 6.07) is 11.6. The van der Waals surface area contributed by atoms with Gasteiger partial charge in [0.15, 0.2) is 5.82 Å². The maximum absolute atomic E-state index is 13.2. The van der Waals surface area contributed by atoms with E-state index in [1.54, 1.807) is 11.7 Å². The maximum Gasteiger partial charge on any atom is 0.319 e. The SMILES string of the molecule is CCc1cc(NC(=O)N[C@H](C)[C@@H](O)CN2CCC[C@@H](Cc3ccc(F)cc3)C2)cc(-c2nnnn2C)c1. The number of amides is 2. The minimum atomic E-state index is -0.711. The first kappa shape index (κ1) is 26.7. The summed E-state index contributed by atoms with van der Waals surface area (Å²) in [5, 5.41) is 28.2. The zero-order valence-electron chi connectivity index (χ0n) is 21.7. The Morgan fingerprint density at radius 2 is 2.00 bits per heavy atom. The lowest BCUT2D eigenvalue weighted by atomic mass is 9.91. The van der Waals surface area contributed by atoms with E-state index in [9.17, 15) is 14.3 Å².